The molecule has 1 aromatic carbocycles. The highest BCUT2D eigenvalue weighted by molar-refractivity contribution is 8.26. The van der Waals surface area contributed by atoms with Crippen molar-refractivity contribution < 1.29 is 4.79 Å². The predicted octanol–water partition coefficient (Wildman–Crippen LogP) is 4.38. The third-order valence-electron chi connectivity index (χ3n) is 5.20. The van der Waals surface area contributed by atoms with E-state index in [2.05, 4.69) is 19.1 Å². The molecule has 4 rings (SSSR count). The molecule has 1 heterocycles. The van der Waals surface area contributed by atoms with Crippen LogP contribution >= 0.6 is 24.0 Å². The van der Waals surface area contributed by atoms with Gasteiger partial charge in [0.1, 0.15) is 4.32 Å². The third-order valence-corrected chi connectivity index (χ3v) is 6.53. The van der Waals surface area contributed by atoms with Crippen LogP contribution in [-0.2, 0) is 4.79 Å². The molecule has 1 aromatic rings. The van der Waals surface area contributed by atoms with Crippen LogP contribution in [0.25, 0.3) is 6.08 Å². The van der Waals surface area contributed by atoms with Gasteiger partial charge in [-0.2, -0.15) is 0 Å². The van der Waals surface area contributed by atoms with E-state index in [4.69, 9.17) is 12.2 Å². The smallest absolute Gasteiger partial charge is 0.266 e. The maximum Gasteiger partial charge on any atom is 0.266 e. The maximum atomic E-state index is 12.8. The average molecular weight is 329 g/mol. The van der Waals surface area contributed by atoms with Crippen molar-refractivity contribution in [1.82, 2.24) is 4.90 Å². The number of rotatable bonds is 2. The molecule has 0 radical (unpaired) electrons. The van der Waals surface area contributed by atoms with Gasteiger partial charge in [-0.15, -0.1) is 0 Å². The number of thioether (sulfide) groups is 1. The Morgan fingerprint density at radius 2 is 2.18 bits per heavy atom. The molecule has 2 nitrogen and oxygen atoms in total. The topological polar surface area (TPSA) is 20.3 Å². The zero-order valence-electron chi connectivity index (χ0n) is 12.6. The molecule has 0 aromatic heterocycles. The van der Waals surface area contributed by atoms with Gasteiger partial charge in [0, 0.05) is 6.04 Å². The first-order valence-electron chi connectivity index (χ1n) is 7.95. The number of hydrogen-bond acceptors (Lipinski definition) is 3. The van der Waals surface area contributed by atoms with Crippen LogP contribution in [0.4, 0.5) is 0 Å². The van der Waals surface area contributed by atoms with Gasteiger partial charge < -0.3 is 0 Å². The van der Waals surface area contributed by atoms with Crippen molar-refractivity contribution in [3.63, 3.8) is 0 Å². The molecule has 3 atom stereocenters. The van der Waals surface area contributed by atoms with Crippen molar-refractivity contribution in [2.45, 2.75) is 38.6 Å². The second-order valence-corrected chi connectivity index (χ2v) is 8.38. The Kier molecular flexibility index (Phi) is 3.61. The molecule has 3 fully saturated rings. The fourth-order valence-electron chi connectivity index (χ4n) is 4.20. The summed E-state index contributed by atoms with van der Waals surface area (Å²) in [5.74, 6) is 1.61. The van der Waals surface area contributed by atoms with Crippen LogP contribution in [0.15, 0.2) is 29.2 Å². The van der Waals surface area contributed by atoms with Gasteiger partial charge in [-0.3, -0.25) is 9.69 Å². The van der Waals surface area contributed by atoms with Gasteiger partial charge in [0.05, 0.1) is 4.91 Å². The molecule has 4 heteroatoms. The van der Waals surface area contributed by atoms with E-state index in [0.717, 1.165) is 27.1 Å². The van der Waals surface area contributed by atoms with Gasteiger partial charge in [0.25, 0.3) is 5.91 Å². The molecule has 1 aliphatic heterocycles. The lowest BCUT2D eigenvalue weighted by molar-refractivity contribution is -0.124. The van der Waals surface area contributed by atoms with Crippen LogP contribution in [0, 0.1) is 18.8 Å². The summed E-state index contributed by atoms with van der Waals surface area (Å²) in [6.07, 6.45) is 7.03. The second kappa shape index (κ2) is 5.50. The van der Waals surface area contributed by atoms with Crippen molar-refractivity contribution in [3.8, 4) is 0 Å². The number of aryl methyl sites for hydroxylation is 1. The normalized spacial score (nSPS) is 32.5. The Morgan fingerprint density at radius 1 is 1.32 bits per heavy atom. The minimum Gasteiger partial charge on any atom is -0.289 e. The fraction of sp³-hybridized carbons (Fsp3) is 0.444. The summed E-state index contributed by atoms with van der Waals surface area (Å²) in [7, 11) is 0. The number of hydrogen-bond donors (Lipinski definition) is 0. The molecule has 3 unspecified atom stereocenters. The van der Waals surface area contributed by atoms with E-state index in [9.17, 15) is 4.79 Å². The molecule has 3 aliphatic rings. The Bertz CT molecular complexity index is 681. The molecule has 2 bridgehead atoms. The van der Waals surface area contributed by atoms with Gasteiger partial charge in [-0.05, 0) is 49.7 Å². The Balaban J connectivity index is 1.59. The monoisotopic (exact) mass is 329 g/mol. The number of benzene rings is 1. The van der Waals surface area contributed by atoms with Crippen molar-refractivity contribution in [3.05, 3.63) is 40.3 Å². The number of fused-ring (bicyclic) bond motifs is 2. The molecule has 0 N–H and O–H groups in total. The first-order chi connectivity index (χ1) is 10.6. The molecule has 1 saturated heterocycles. The van der Waals surface area contributed by atoms with E-state index in [0.29, 0.717) is 12.0 Å². The van der Waals surface area contributed by atoms with Crippen molar-refractivity contribution in [2.24, 2.45) is 11.8 Å². The largest absolute Gasteiger partial charge is 0.289 e. The Hall–Kier alpha value is -1.13. The van der Waals surface area contributed by atoms with Crippen LogP contribution in [0.3, 0.4) is 0 Å². The summed E-state index contributed by atoms with van der Waals surface area (Å²) in [6, 6.07) is 8.59. The van der Waals surface area contributed by atoms with E-state index in [1.165, 1.54) is 36.6 Å². The summed E-state index contributed by atoms with van der Waals surface area (Å²) >= 11 is 6.98. The summed E-state index contributed by atoms with van der Waals surface area (Å²) in [6.45, 7) is 2.07. The third kappa shape index (κ3) is 2.42. The molecular weight excluding hydrogens is 310 g/mol. The van der Waals surface area contributed by atoms with E-state index < -0.39 is 0 Å². The van der Waals surface area contributed by atoms with E-state index in [-0.39, 0.29) is 5.91 Å². The summed E-state index contributed by atoms with van der Waals surface area (Å²) < 4.78 is 0.751. The van der Waals surface area contributed by atoms with E-state index >= 15 is 0 Å². The van der Waals surface area contributed by atoms with Crippen LogP contribution in [-0.4, -0.2) is 21.2 Å². The van der Waals surface area contributed by atoms with Crippen molar-refractivity contribution >= 4 is 40.3 Å². The fourth-order valence-corrected chi connectivity index (χ4v) is 5.58. The van der Waals surface area contributed by atoms with Crippen molar-refractivity contribution in [1.29, 1.82) is 0 Å². The van der Waals surface area contributed by atoms with Gasteiger partial charge in [-0.1, -0.05) is 60.2 Å². The highest BCUT2D eigenvalue weighted by Gasteiger charge is 2.47. The lowest BCUT2D eigenvalue weighted by Crippen LogP contribution is -2.41. The van der Waals surface area contributed by atoms with Gasteiger partial charge in [0.2, 0.25) is 0 Å². The van der Waals surface area contributed by atoms with Crippen LogP contribution in [0.2, 0.25) is 0 Å². The summed E-state index contributed by atoms with van der Waals surface area (Å²) in [5.41, 5.74) is 2.28. The summed E-state index contributed by atoms with van der Waals surface area (Å²) in [4.78, 5) is 15.5. The number of carbonyl (C=O) groups excluding carboxylic acids is 1. The zero-order valence-corrected chi connectivity index (χ0v) is 14.3. The molecule has 2 saturated carbocycles. The quantitative estimate of drug-likeness (QED) is 0.593. The van der Waals surface area contributed by atoms with E-state index in [1.807, 2.05) is 23.1 Å². The second-order valence-electron chi connectivity index (χ2n) is 6.71. The Morgan fingerprint density at radius 3 is 2.86 bits per heavy atom. The SMILES string of the molecule is Cc1cccc(/C=C2\SC(=S)N(C3CC4CCC3C4)C2=O)c1. The molecule has 2 aliphatic carbocycles. The molecule has 0 spiro atoms. The zero-order chi connectivity index (χ0) is 15.3. The number of carbonyl (C=O) groups is 1. The molecular formula is C18H19NOS2. The van der Waals surface area contributed by atoms with Crippen molar-refractivity contribution in [2.75, 3.05) is 0 Å². The minimum absolute atomic E-state index is 0.119. The number of nitrogens with zero attached hydrogens (tertiary/aromatic N) is 1. The Labute approximate surface area is 141 Å². The highest BCUT2D eigenvalue weighted by Crippen LogP contribution is 2.49. The molecule has 114 valence electrons. The average Bonchev–Trinajstić information content (AvgIpc) is 3.15. The minimum atomic E-state index is 0.119. The van der Waals surface area contributed by atoms with Crippen LogP contribution in [0.1, 0.15) is 36.8 Å². The number of thiocarbonyl (C=S) groups is 1. The maximum absolute atomic E-state index is 12.8. The first kappa shape index (κ1) is 14.5. The van der Waals surface area contributed by atoms with Gasteiger partial charge in [0.15, 0.2) is 0 Å². The highest BCUT2D eigenvalue weighted by atomic mass is 32.2. The van der Waals surface area contributed by atoms with Gasteiger partial charge >= 0.3 is 0 Å². The lowest BCUT2D eigenvalue weighted by atomic mass is 9.94. The van der Waals surface area contributed by atoms with Crippen LogP contribution in [0.5, 0.6) is 0 Å². The van der Waals surface area contributed by atoms with E-state index in [1.54, 1.807) is 0 Å². The first-order valence-corrected chi connectivity index (χ1v) is 9.18. The predicted molar refractivity (Wildman–Crippen MR) is 95.4 cm³/mol. The molecule has 22 heavy (non-hydrogen) atoms. The van der Waals surface area contributed by atoms with Crippen LogP contribution < -0.4 is 0 Å². The van der Waals surface area contributed by atoms with Gasteiger partial charge in [-0.25, -0.2) is 0 Å². The molecule has 1 amide bonds. The lowest BCUT2D eigenvalue weighted by Gasteiger charge is -2.30. The number of amides is 1. The summed E-state index contributed by atoms with van der Waals surface area (Å²) in [5, 5.41) is 0. The standard InChI is InChI=1S/C18H19NOS2/c1-11-3-2-4-12(7-11)10-16-17(20)19(18(21)22-16)15-9-13-5-6-14(15)8-13/h2-4,7,10,13-15H,5-6,8-9H2,1H3/b16-10-.